The van der Waals surface area contributed by atoms with E-state index in [2.05, 4.69) is 16.0 Å². The molecule has 0 fully saturated rings. The van der Waals surface area contributed by atoms with Crippen LogP contribution in [0, 0.1) is 5.92 Å². The van der Waals surface area contributed by atoms with Crippen LogP contribution in [0.1, 0.15) is 39.5 Å². The summed E-state index contributed by atoms with van der Waals surface area (Å²) < 4.78 is 0. The molecule has 5 amide bonds. The van der Waals surface area contributed by atoms with Crippen molar-refractivity contribution in [3.63, 3.8) is 0 Å². The molecule has 13 nitrogen and oxygen atoms in total. The lowest BCUT2D eigenvalue weighted by atomic mass is 10.0. The Morgan fingerprint density at radius 2 is 1.43 bits per heavy atom. The Morgan fingerprint density at radius 1 is 0.867 bits per heavy atom. The predicted octanol–water partition coefficient (Wildman–Crippen LogP) is -3.33. The molecule has 0 saturated heterocycles. The molecule has 0 aliphatic rings. The van der Waals surface area contributed by atoms with Gasteiger partial charge in [-0.15, -0.1) is 0 Å². The van der Waals surface area contributed by atoms with Crippen LogP contribution in [0.25, 0.3) is 0 Å². The quantitative estimate of drug-likeness (QED) is 0.147. The highest BCUT2D eigenvalue weighted by Gasteiger charge is 2.29. The van der Waals surface area contributed by atoms with Gasteiger partial charge in [0.15, 0.2) is 0 Å². The first kappa shape index (κ1) is 26.8. The van der Waals surface area contributed by atoms with Gasteiger partial charge < -0.3 is 38.3 Å². The van der Waals surface area contributed by atoms with Crippen LogP contribution in [0.3, 0.4) is 0 Å². The second kappa shape index (κ2) is 13.1. The minimum absolute atomic E-state index is 0.102. The van der Waals surface area contributed by atoms with Gasteiger partial charge in [0.25, 0.3) is 0 Å². The summed E-state index contributed by atoms with van der Waals surface area (Å²) in [5.74, 6) is -5.36. The molecule has 0 rings (SSSR count). The number of hydrogen-bond acceptors (Lipinski definition) is 7. The summed E-state index contributed by atoms with van der Waals surface area (Å²) in [5, 5.41) is 15.3. The average molecular weight is 430 g/mol. The van der Waals surface area contributed by atoms with Crippen molar-refractivity contribution in [3.8, 4) is 0 Å². The molecule has 0 heterocycles. The molecule has 3 unspecified atom stereocenters. The molecule has 0 saturated carbocycles. The average Bonchev–Trinajstić information content (AvgIpc) is 2.60. The van der Waals surface area contributed by atoms with Crippen molar-refractivity contribution in [1.29, 1.82) is 0 Å². The molecule has 0 aliphatic carbocycles. The van der Waals surface area contributed by atoms with E-state index in [9.17, 15) is 28.8 Å². The summed E-state index contributed by atoms with van der Waals surface area (Å²) in [4.78, 5) is 69.9. The first-order valence-electron chi connectivity index (χ1n) is 9.25. The number of hydrogen-bond donors (Lipinski definition) is 7. The minimum atomic E-state index is -1.42. The topological polar surface area (TPSA) is 237 Å². The van der Waals surface area contributed by atoms with Gasteiger partial charge in [-0.1, -0.05) is 13.8 Å². The Kier molecular flexibility index (Phi) is 11.7. The fourth-order valence-corrected chi connectivity index (χ4v) is 2.42. The van der Waals surface area contributed by atoms with E-state index in [1.807, 2.05) is 13.8 Å². The van der Waals surface area contributed by atoms with Crippen molar-refractivity contribution in [2.24, 2.45) is 23.1 Å². The zero-order valence-corrected chi connectivity index (χ0v) is 17.0. The Morgan fingerprint density at radius 3 is 1.90 bits per heavy atom. The second-order valence-electron chi connectivity index (χ2n) is 7.15. The van der Waals surface area contributed by atoms with Crippen LogP contribution in [-0.2, 0) is 28.8 Å². The van der Waals surface area contributed by atoms with Crippen molar-refractivity contribution in [1.82, 2.24) is 16.0 Å². The zero-order chi connectivity index (χ0) is 23.4. The fraction of sp³-hybridized carbons (Fsp3) is 0.647. The standard InChI is InChI=1S/C17H30N6O7/c1-8(2)5-9(18)15(28)23-11(6-13(20)25)17(30)22-10(3-4-12(19)24)16(29)21-7-14(26)27/h8-11H,3-7,18H2,1-2H3,(H2,19,24)(H2,20,25)(H,21,29)(H,22,30)(H,23,28)(H,26,27). The number of carbonyl (C=O) groups excluding carboxylic acids is 5. The van der Waals surface area contributed by atoms with E-state index in [1.165, 1.54) is 0 Å². The number of nitrogens with one attached hydrogen (secondary N) is 3. The van der Waals surface area contributed by atoms with Gasteiger partial charge in [0, 0.05) is 6.42 Å². The predicted molar refractivity (Wildman–Crippen MR) is 104 cm³/mol. The number of carboxylic acids is 1. The molecule has 0 aromatic rings. The Labute approximate surface area is 173 Å². The van der Waals surface area contributed by atoms with Crippen LogP contribution in [-0.4, -0.2) is 65.3 Å². The molecule has 0 radical (unpaired) electrons. The Bertz CT molecular complexity index is 667. The van der Waals surface area contributed by atoms with Crippen LogP contribution in [0.2, 0.25) is 0 Å². The van der Waals surface area contributed by atoms with Crippen molar-refractivity contribution in [2.45, 2.75) is 57.7 Å². The third-order valence-electron chi connectivity index (χ3n) is 3.83. The monoisotopic (exact) mass is 430 g/mol. The van der Waals surface area contributed by atoms with Gasteiger partial charge in [-0.05, 0) is 18.8 Å². The molecule has 13 heteroatoms. The summed E-state index contributed by atoms with van der Waals surface area (Å²) in [6.45, 7) is 2.98. The van der Waals surface area contributed by atoms with Gasteiger partial charge in [0.2, 0.25) is 29.5 Å². The SMILES string of the molecule is CC(C)CC(N)C(=O)NC(CC(N)=O)C(=O)NC(CCC(N)=O)C(=O)NCC(=O)O. The van der Waals surface area contributed by atoms with E-state index in [0.717, 1.165) is 0 Å². The lowest BCUT2D eigenvalue weighted by Crippen LogP contribution is -2.57. The number of amides is 5. The van der Waals surface area contributed by atoms with E-state index in [0.29, 0.717) is 6.42 Å². The molecular weight excluding hydrogens is 400 g/mol. The van der Waals surface area contributed by atoms with Crippen molar-refractivity contribution in [3.05, 3.63) is 0 Å². The van der Waals surface area contributed by atoms with Crippen LogP contribution in [0.4, 0.5) is 0 Å². The Balaban J connectivity index is 5.31. The number of carboxylic acid groups (broad SMARTS) is 1. The molecule has 0 spiro atoms. The lowest BCUT2D eigenvalue weighted by molar-refractivity contribution is -0.139. The second-order valence-corrected chi connectivity index (χ2v) is 7.15. The van der Waals surface area contributed by atoms with Gasteiger partial charge in [0.05, 0.1) is 12.5 Å². The molecular formula is C17H30N6O7. The van der Waals surface area contributed by atoms with E-state index in [1.54, 1.807) is 0 Å². The molecule has 0 aromatic carbocycles. The summed E-state index contributed by atoms with van der Waals surface area (Å²) in [6.07, 6.45) is -0.741. The van der Waals surface area contributed by atoms with Crippen LogP contribution >= 0.6 is 0 Å². The van der Waals surface area contributed by atoms with Gasteiger partial charge in [-0.3, -0.25) is 28.8 Å². The number of aliphatic carboxylic acids is 1. The molecule has 3 atom stereocenters. The van der Waals surface area contributed by atoms with Crippen molar-refractivity contribution < 1.29 is 33.9 Å². The summed E-state index contributed by atoms with van der Waals surface area (Å²) >= 11 is 0. The molecule has 10 N–H and O–H groups in total. The maximum atomic E-state index is 12.6. The van der Waals surface area contributed by atoms with Crippen LogP contribution in [0.5, 0.6) is 0 Å². The molecule has 0 aliphatic heterocycles. The number of primary amides is 2. The highest BCUT2D eigenvalue weighted by Crippen LogP contribution is 2.05. The summed E-state index contributed by atoms with van der Waals surface area (Å²) in [5.41, 5.74) is 15.9. The maximum Gasteiger partial charge on any atom is 0.322 e. The third kappa shape index (κ3) is 11.6. The van der Waals surface area contributed by atoms with E-state index in [-0.39, 0.29) is 18.8 Å². The minimum Gasteiger partial charge on any atom is -0.480 e. The summed E-state index contributed by atoms with van der Waals surface area (Å²) in [6, 6.07) is -3.68. The molecule has 30 heavy (non-hydrogen) atoms. The fourth-order valence-electron chi connectivity index (χ4n) is 2.42. The van der Waals surface area contributed by atoms with Gasteiger partial charge in [-0.25, -0.2) is 0 Å². The third-order valence-corrected chi connectivity index (χ3v) is 3.83. The van der Waals surface area contributed by atoms with Gasteiger partial charge in [0.1, 0.15) is 18.6 Å². The number of carbonyl (C=O) groups is 6. The highest BCUT2D eigenvalue weighted by molar-refractivity contribution is 5.96. The smallest absolute Gasteiger partial charge is 0.322 e. The number of nitrogens with two attached hydrogens (primary N) is 3. The summed E-state index contributed by atoms with van der Waals surface area (Å²) in [7, 11) is 0. The first-order chi connectivity index (χ1) is 13.8. The Hall–Kier alpha value is -3.22. The van der Waals surface area contributed by atoms with E-state index >= 15 is 0 Å². The lowest BCUT2D eigenvalue weighted by Gasteiger charge is -2.23. The zero-order valence-electron chi connectivity index (χ0n) is 17.0. The molecule has 170 valence electrons. The van der Waals surface area contributed by atoms with Crippen LogP contribution in [0.15, 0.2) is 0 Å². The number of rotatable bonds is 14. The molecule has 0 bridgehead atoms. The van der Waals surface area contributed by atoms with Crippen molar-refractivity contribution in [2.75, 3.05) is 6.54 Å². The van der Waals surface area contributed by atoms with Gasteiger partial charge >= 0.3 is 5.97 Å². The van der Waals surface area contributed by atoms with E-state index in [4.69, 9.17) is 22.3 Å². The van der Waals surface area contributed by atoms with Gasteiger partial charge in [-0.2, -0.15) is 0 Å². The maximum absolute atomic E-state index is 12.6. The van der Waals surface area contributed by atoms with Crippen LogP contribution < -0.4 is 33.2 Å². The van der Waals surface area contributed by atoms with E-state index < -0.39 is 66.6 Å². The highest BCUT2D eigenvalue weighted by atomic mass is 16.4. The largest absolute Gasteiger partial charge is 0.480 e. The molecule has 0 aromatic heterocycles. The van der Waals surface area contributed by atoms with Crippen molar-refractivity contribution >= 4 is 35.5 Å². The normalized spacial score (nSPS) is 13.6. The first-order valence-corrected chi connectivity index (χ1v) is 9.25.